The largest absolute Gasteiger partial charge is 0.394 e. The number of rotatable bonds is 8. The molecule has 8 nitrogen and oxygen atoms in total. The van der Waals surface area contributed by atoms with Gasteiger partial charge < -0.3 is 15.5 Å². The summed E-state index contributed by atoms with van der Waals surface area (Å²) in [6.07, 6.45) is -0.547. The lowest BCUT2D eigenvalue weighted by Gasteiger charge is -2.22. The van der Waals surface area contributed by atoms with E-state index in [4.69, 9.17) is 5.11 Å². The van der Waals surface area contributed by atoms with Gasteiger partial charge in [-0.2, -0.15) is 0 Å². The Morgan fingerprint density at radius 1 is 1.19 bits per heavy atom. The maximum absolute atomic E-state index is 14.3. The molecule has 1 aliphatic rings. The van der Waals surface area contributed by atoms with Gasteiger partial charge in [-0.25, -0.2) is 12.8 Å². The molecule has 1 aliphatic carbocycles. The van der Waals surface area contributed by atoms with Gasteiger partial charge in [0.1, 0.15) is 11.6 Å². The van der Waals surface area contributed by atoms with Crippen molar-refractivity contribution in [3.63, 3.8) is 0 Å². The Balaban J connectivity index is 0.00000166. The monoisotopic (exact) mass is 455 g/mol. The second kappa shape index (κ2) is 9.80. The SMILES string of the molecule is CC.Cc1ccc(Nc2c(NS(=O)(=O)C3(CC(O)CO)CC3)ccc(=O)n2C)c(F)c1. The van der Waals surface area contributed by atoms with Crippen molar-refractivity contribution in [2.75, 3.05) is 16.6 Å². The molecule has 4 N–H and O–H groups in total. The third kappa shape index (κ3) is 5.44. The molecular weight excluding hydrogens is 425 g/mol. The van der Waals surface area contributed by atoms with Gasteiger partial charge in [-0.15, -0.1) is 0 Å². The Labute approximate surface area is 181 Å². The standard InChI is InChI=1S/C19H24FN3O5S.C2H6/c1-12-3-4-15(14(20)9-12)21-18-16(5-6-17(26)23(18)2)22-29(27,28)19(7-8-19)10-13(25)11-24;1-2/h3-6,9,13,21-22,24-25H,7-8,10-11H2,1-2H3;1-2H3. The van der Waals surface area contributed by atoms with Crippen LogP contribution in [0, 0.1) is 12.7 Å². The molecule has 1 unspecified atom stereocenters. The summed E-state index contributed by atoms with van der Waals surface area (Å²) >= 11 is 0. The number of anilines is 3. The van der Waals surface area contributed by atoms with Crippen LogP contribution >= 0.6 is 0 Å². The number of benzene rings is 1. The van der Waals surface area contributed by atoms with Gasteiger partial charge in [0, 0.05) is 13.1 Å². The molecule has 172 valence electrons. The molecule has 3 rings (SSSR count). The van der Waals surface area contributed by atoms with Crippen molar-refractivity contribution < 1.29 is 23.0 Å². The highest BCUT2D eigenvalue weighted by atomic mass is 32.2. The molecule has 1 aromatic carbocycles. The average Bonchev–Trinajstić information content (AvgIpc) is 3.51. The number of halogens is 1. The van der Waals surface area contributed by atoms with Crippen molar-refractivity contribution in [3.8, 4) is 0 Å². The van der Waals surface area contributed by atoms with Gasteiger partial charge in [-0.3, -0.25) is 14.1 Å². The van der Waals surface area contributed by atoms with Crippen molar-refractivity contribution >= 4 is 27.2 Å². The first kappa shape index (κ1) is 24.8. The lowest BCUT2D eigenvalue weighted by Crippen LogP contribution is -2.35. The molecule has 2 aromatic rings. The maximum Gasteiger partial charge on any atom is 0.251 e. The Kier molecular flexibility index (Phi) is 7.85. The summed E-state index contributed by atoms with van der Waals surface area (Å²) in [6, 6.07) is 7.03. The zero-order valence-corrected chi connectivity index (χ0v) is 19.0. The highest BCUT2D eigenvalue weighted by Gasteiger charge is 2.55. The van der Waals surface area contributed by atoms with E-state index in [0.717, 1.165) is 0 Å². The zero-order chi connectivity index (χ0) is 23.4. The molecule has 0 saturated heterocycles. The molecule has 0 aliphatic heterocycles. The Morgan fingerprint density at radius 2 is 1.81 bits per heavy atom. The predicted molar refractivity (Wildman–Crippen MR) is 120 cm³/mol. The van der Waals surface area contributed by atoms with Crippen LogP contribution in [0.25, 0.3) is 0 Å². The number of nitrogens with one attached hydrogen (secondary N) is 2. The van der Waals surface area contributed by atoms with Gasteiger partial charge in [0.05, 0.1) is 28.8 Å². The van der Waals surface area contributed by atoms with Crippen LogP contribution in [-0.4, -0.2) is 40.7 Å². The van der Waals surface area contributed by atoms with E-state index < -0.39 is 38.9 Å². The van der Waals surface area contributed by atoms with Crippen molar-refractivity contribution in [1.29, 1.82) is 0 Å². The number of sulfonamides is 1. The van der Waals surface area contributed by atoms with E-state index in [2.05, 4.69) is 10.0 Å². The van der Waals surface area contributed by atoms with Crippen molar-refractivity contribution in [3.05, 3.63) is 52.1 Å². The summed E-state index contributed by atoms with van der Waals surface area (Å²) in [5.74, 6) is -0.456. The molecule has 0 radical (unpaired) electrons. The summed E-state index contributed by atoms with van der Waals surface area (Å²) in [5.41, 5.74) is 0.486. The normalized spacial score (nSPS) is 15.5. The fourth-order valence-corrected chi connectivity index (χ4v) is 4.91. The second-order valence-corrected chi connectivity index (χ2v) is 9.51. The van der Waals surface area contributed by atoms with Gasteiger partial charge >= 0.3 is 0 Å². The molecular formula is C21H30FN3O5S. The molecule has 0 spiro atoms. The molecule has 10 heteroatoms. The Hall–Kier alpha value is -2.43. The van der Waals surface area contributed by atoms with Crippen LogP contribution in [0.5, 0.6) is 0 Å². The lowest BCUT2D eigenvalue weighted by molar-refractivity contribution is 0.0858. The number of nitrogens with zero attached hydrogens (tertiary/aromatic N) is 1. The smallest absolute Gasteiger partial charge is 0.251 e. The topological polar surface area (TPSA) is 121 Å². The zero-order valence-electron chi connectivity index (χ0n) is 18.1. The van der Waals surface area contributed by atoms with Crippen molar-refractivity contribution in [1.82, 2.24) is 4.57 Å². The number of hydrogen-bond donors (Lipinski definition) is 4. The number of aliphatic hydroxyl groups excluding tert-OH is 2. The molecule has 1 atom stereocenters. The summed E-state index contributed by atoms with van der Waals surface area (Å²) in [7, 11) is -2.50. The number of aryl methyl sites for hydroxylation is 1. The number of pyridine rings is 1. The number of hydrogen-bond acceptors (Lipinski definition) is 6. The van der Waals surface area contributed by atoms with Gasteiger partial charge in [0.15, 0.2) is 0 Å². The summed E-state index contributed by atoms with van der Waals surface area (Å²) < 4.78 is 42.7. The molecule has 1 saturated carbocycles. The van der Waals surface area contributed by atoms with E-state index in [-0.39, 0.29) is 23.6 Å². The maximum atomic E-state index is 14.3. The summed E-state index contributed by atoms with van der Waals surface area (Å²) in [6.45, 7) is 5.21. The van der Waals surface area contributed by atoms with Crippen LogP contribution in [0.4, 0.5) is 21.6 Å². The van der Waals surface area contributed by atoms with E-state index in [0.29, 0.717) is 18.4 Å². The van der Waals surface area contributed by atoms with Crippen LogP contribution in [-0.2, 0) is 17.1 Å². The van der Waals surface area contributed by atoms with Crippen molar-refractivity contribution in [2.45, 2.75) is 50.9 Å². The number of aliphatic hydroxyl groups is 2. The fraction of sp³-hybridized carbons (Fsp3) is 0.476. The van der Waals surface area contributed by atoms with Crippen LogP contribution in [0.3, 0.4) is 0 Å². The van der Waals surface area contributed by atoms with E-state index >= 15 is 0 Å². The van der Waals surface area contributed by atoms with E-state index in [1.165, 1.54) is 35.9 Å². The quantitative estimate of drug-likeness (QED) is 0.486. The highest BCUT2D eigenvalue weighted by Crippen LogP contribution is 2.48. The number of aromatic nitrogens is 1. The van der Waals surface area contributed by atoms with Gasteiger partial charge in [-0.05, 0) is 49.9 Å². The highest BCUT2D eigenvalue weighted by molar-refractivity contribution is 7.94. The Bertz CT molecular complexity index is 1080. The van der Waals surface area contributed by atoms with E-state index in [1.54, 1.807) is 13.0 Å². The summed E-state index contributed by atoms with van der Waals surface area (Å²) in [4.78, 5) is 12.1. The molecule has 1 aromatic heterocycles. The van der Waals surface area contributed by atoms with E-state index in [1.807, 2.05) is 13.8 Å². The molecule has 1 heterocycles. The lowest BCUT2D eigenvalue weighted by atomic mass is 10.2. The van der Waals surface area contributed by atoms with Gasteiger partial charge in [-0.1, -0.05) is 19.9 Å². The molecule has 1 fully saturated rings. The van der Waals surface area contributed by atoms with Gasteiger partial charge in [0.25, 0.3) is 5.56 Å². The minimum atomic E-state index is -3.94. The Morgan fingerprint density at radius 3 is 2.35 bits per heavy atom. The average molecular weight is 456 g/mol. The third-order valence-corrected chi connectivity index (χ3v) is 7.34. The first-order valence-corrected chi connectivity index (χ1v) is 11.6. The predicted octanol–water partition coefficient (Wildman–Crippen LogP) is 2.62. The third-order valence-electron chi connectivity index (χ3n) is 5.13. The molecule has 0 amide bonds. The van der Waals surface area contributed by atoms with E-state index in [9.17, 15) is 22.7 Å². The molecule has 0 bridgehead atoms. The first-order chi connectivity index (χ1) is 14.6. The van der Waals surface area contributed by atoms with Crippen LogP contribution in [0.15, 0.2) is 35.1 Å². The van der Waals surface area contributed by atoms with Crippen LogP contribution in [0.2, 0.25) is 0 Å². The first-order valence-electron chi connectivity index (χ1n) is 10.1. The second-order valence-electron chi connectivity index (χ2n) is 7.43. The molecule has 31 heavy (non-hydrogen) atoms. The van der Waals surface area contributed by atoms with Gasteiger partial charge in [0.2, 0.25) is 10.0 Å². The fourth-order valence-electron chi connectivity index (χ4n) is 3.19. The minimum absolute atomic E-state index is 0.0804. The van der Waals surface area contributed by atoms with Crippen LogP contribution < -0.4 is 15.6 Å². The summed E-state index contributed by atoms with van der Waals surface area (Å²) in [5, 5.41) is 21.6. The van der Waals surface area contributed by atoms with Crippen LogP contribution in [0.1, 0.15) is 38.7 Å². The van der Waals surface area contributed by atoms with Crippen molar-refractivity contribution in [2.24, 2.45) is 7.05 Å². The minimum Gasteiger partial charge on any atom is -0.394 e.